The molecule has 1 amide bonds. The van der Waals surface area contributed by atoms with Gasteiger partial charge in [0.25, 0.3) is 11.5 Å². The number of carbonyl (C=O) groups excluding carboxylic acids is 1. The molecule has 110 valence electrons. The lowest BCUT2D eigenvalue weighted by Crippen LogP contribution is -2.42. The number of aliphatic carboxylic acids is 1. The molecule has 0 aliphatic rings. The number of aliphatic hydroxyl groups is 1. The van der Waals surface area contributed by atoms with E-state index < -0.39 is 23.5 Å². The van der Waals surface area contributed by atoms with E-state index in [1.165, 1.54) is 6.07 Å². The Kier molecular flexibility index (Phi) is 4.29. The molecule has 0 spiro atoms. The molecule has 21 heavy (non-hydrogen) atoms. The standard InChI is InChI=1S/C13H13N3O5/c17-6-5-9(13(20)21)14-12(19)10-7-3-1-2-4-8(7)11(18)16-15-10/h1-4,9,17H,5-6H2,(H,14,19)(H,16,18)(H,20,21). The zero-order chi connectivity index (χ0) is 15.4. The van der Waals surface area contributed by atoms with E-state index in [4.69, 9.17) is 10.2 Å². The number of amides is 1. The molecule has 4 N–H and O–H groups in total. The van der Waals surface area contributed by atoms with Gasteiger partial charge in [0.1, 0.15) is 6.04 Å². The largest absolute Gasteiger partial charge is 0.480 e. The van der Waals surface area contributed by atoms with E-state index in [9.17, 15) is 14.4 Å². The van der Waals surface area contributed by atoms with Crippen molar-refractivity contribution in [3.8, 4) is 0 Å². The Bertz CT molecular complexity index is 740. The summed E-state index contributed by atoms with van der Waals surface area (Å²) < 4.78 is 0. The van der Waals surface area contributed by atoms with Crippen molar-refractivity contribution in [3.05, 3.63) is 40.3 Å². The lowest BCUT2D eigenvalue weighted by atomic mass is 10.1. The van der Waals surface area contributed by atoms with Gasteiger partial charge in [-0.2, -0.15) is 5.10 Å². The number of aliphatic hydroxyl groups excluding tert-OH is 1. The highest BCUT2D eigenvalue weighted by Crippen LogP contribution is 2.12. The van der Waals surface area contributed by atoms with Crippen molar-refractivity contribution in [2.45, 2.75) is 12.5 Å². The molecular weight excluding hydrogens is 278 g/mol. The van der Waals surface area contributed by atoms with Crippen LogP contribution in [0.15, 0.2) is 29.1 Å². The number of hydrogen-bond donors (Lipinski definition) is 4. The van der Waals surface area contributed by atoms with Crippen LogP contribution < -0.4 is 10.9 Å². The van der Waals surface area contributed by atoms with E-state index in [2.05, 4.69) is 15.5 Å². The number of carboxylic acids is 1. The number of rotatable bonds is 5. The van der Waals surface area contributed by atoms with Gasteiger partial charge in [-0.25, -0.2) is 9.89 Å². The first kappa shape index (κ1) is 14.7. The second kappa shape index (κ2) is 6.14. The van der Waals surface area contributed by atoms with Crippen LogP contribution >= 0.6 is 0 Å². The number of fused-ring (bicyclic) bond motifs is 1. The Hall–Kier alpha value is -2.74. The van der Waals surface area contributed by atoms with Crippen molar-refractivity contribution in [2.24, 2.45) is 0 Å². The summed E-state index contributed by atoms with van der Waals surface area (Å²) in [6.07, 6.45) is -0.123. The zero-order valence-corrected chi connectivity index (χ0v) is 10.9. The number of carbonyl (C=O) groups is 2. The summed E-state index contributed by atoms with van der Waals surface area (Å²) in [4.78, 5) is 34.7. The number of aromatic nitrogens is 2. The van der Waals surface area contributed by atoms with Gasteiger partial charge in [0.15, 0.2) is 5.69 Å². The molecule has 8 nitrogen and oxygen atoms in total. The second-order valence-corrected chi connectivity index (χ2v) is 4.32. The molecule has 0 aliphatic heterocycles. The molecule has 1 unspecified atom stereocenters. The van der Waals surface area contributed by atoms with Gasteiger partial charge in [0.2, 0.25) is 0 Å². The van der Waals surface area contributed by atoms with Crippen LogP contribution in [0.1, 0.15) is 16.9 Å². The van der Waals surface area contributed by atoms with Gasteiger partial charge in [0.05, 0.1) is 5.39 Å². The van der Waals surface area contributed by atoms with Crippen LogP contribution in [0.3, 0.4) is 0 Å². The third kappa shape index (κ3) is 3.06. The third-order valence-electron chi connectivity index (χ3n) is 2.93. The van der Waals surface area contributed by atoms with Crippen LogP contribution in [0.25, 0.3) is 10.8 Å². The van der Waals surface area contributed by atoms with E-state index in [1.54, 1.807) is 18.2 Å². The molecule has 0 aliphatic carbocycles. The molecule has 0 saturated carbocycles. The molecule has 2 rings (SSSR count). The normalized spacial score (nSPS) is 12.0. The first-order chi connectivity index (χ1) is 10.0. The Balaban J connectivity index is 2.38. The highest BCUT2D eigenvalue weighted by molar-refractivity contribution is 6.05. The van der Waals surface area contributed by atoms with Crippen molar-refractivity contribution in [2.75, 3.05) is 6.61 Å². The number of nitrogens with zero attached hydrogens (tertiary/aromatic N) is 1. The van der Waals surface area contributed by atoms with E-state index in [0.717, 1.165) is 0 Å². The Labute approximate surface area is 118 Å². The maximum Gasteiger partial charge on any atom is 0.326 e. The fourth-order valence-corrected chi connectivity index (χ4v) is 1.90. The van der Waals surface area contributed by atoms with Crippen LogP contribution in [0.4, 0.5) is 0 Å². The summed E-state index contributed by atoms with van der Waals surface area (Å²) >= 11 is 0. The summed E-state index contributed by atoms with van der Waals surface area (Å²) in [5, 5.41) is 26.5. The Morgan fingerprint density at radius 3 is 2.57 bits per heavy atom. The second-order valence-electron chi connectivity index (χ2n) is 4.32. The maximum absolute atomic E-state index is 12.1. The fourth-order valence-electron chi connectivity index (χ4n) is 1.90. The van der Waals surface area contributed by atoms with Gasteiger partial charge in [-0.05, 0) is 6.07 Å². The topological polar surface area (TPSA) is 132 Å². The molecule has 0 radical (unpaired) electrons. The molecular formula is C13H13N3O5. The zero-order valence-electron chi connectivity index (χ0n) is 10.9. The number of hydrogen-bond acceptors (Lipinski definition) is 5. The minimum atomic E-state index is -1.26. The summed E-state index contributed by atoms with van der Waals surface area (Å²) in [5.41, 5.74) is -0.512. The first-order valence-corrected chi connectivity index (χ1v) is 6.16. The van der Waals surface area contributed by atoms with Crippen LogP contribution in [-0.4, -0.2) is 44.9 Å². The lowest BCUT2D eigenvalue weighted by Gasteiger charge is -2.13. The van der Waals surface area contributed by atoms with E-state index in [-0.39, 0.29) is 24.1 Å². The maximum atomic E-state index is 12.1. The molecule has 0 saturated heterocycles. The Morgan fingerprint density at radius 1 is 1.29 bits per heavy atom. The van der Waals surface area contributed by atoms with Crippen molar-refractivity contribution >= 4 is 22.6 Å². The highest BCUT2D eigenvalue weighted by atomic mass is 16.4. The monoisotopic (exact) mass is 291 g/mol. The predicted octanol–water partition coefficient (Wildman–Crippen LogP) is -0.511. The summed E-state index contributed by atoms with van der Waals surface area (Å²) in [5.74, 6) is -1.99. The van der Waals surface area contributed by atoms with Crippen LogP contribution in [0, 0.1) is 0 Å². The van der Waals surface area contributed by atoms with Gasteiger partial charge >= 0.3 is 5.97 Å². The molecule has 0 bridgehead atoms. The summed E-state index contributed by atoms with van der Waals surface area (Å²) in [6, 6.07) is 5.15. The van der Waals surface area contributed by atoms with E-state index >= 15 is 0 Å². The molecule has 1 atom stereocenters. The van der Waals surface area contributed by atoms with Gasteiger partial charge in [-0.3, -0.25) is 9.59 Å². The number of aromatic amines is 1. The highest BCUT2D eigenvalue weighted by Gasteiger charge is 2.22. The van der Waals surface area contributed by atoms with Crippen molar-refractivity contribution < 1.29 is 19.8 Å². The molecule has 0 fully saturated rings. The van der Waals surface area contributed by atoms with Crippen molar-refractivity contribution in [1.82, 2.24) is 15.5 Å². The number of carboxylic acid groups (broad SMARTS) is 1. The molecule has 8 heteroatoms. The quantitative estimate of drug-likeness (QED) is 0.586. The third-order valence-corrected chi connectivity index (χ3v) is 2.93. The van der Waals surface area contributed by atoms with E-state index in [0.29, 0.717) is 5.39 Å². The van der Waals surface area contributed by atoms with Gasteiger partial charge in [0, 0.05) is 18.4 Å². The first-order valence-electron chi connectivity index (χ1n) is 6.16. The molecule has 1 aromatic heterocycles. The smallest absolute Gasteiger partial charge is 0.326 e. The number of H-pyrrole nitrogens is 1. The van der Waals surface area contributed by atoms with Crippen molar-refractivity contribution in [1.29, 1.82) is 0 Å². The minimum absolute atomic E-state index is 0.0746. The average molecular weight is 291 g/mol. The van der Waals surface area contributed by atoms with Crippen LogP contribution in [0.2, 0.25) is 0 Å². The van der Waals surface area contributed by atoms with Crippen LogP contribution in [-0.2, 0) is 4.79 Å². The molecule has 1 heterocycles. The average Bonchev–Trinajstić information content (AvgIpc) is 2.47. The van der Waals surface area contributed by atoms with Gasteiger partial charge in [-0.1, -0.05) is 18.2 Å². The number of benzene rings is 1. The summed E-state index contributed by atoms with van der Waals surface area (Å²) in [6.45, 7) is -0.378. The predicted molar refractivity (Wildman–Crippen MR) is 73.0 cm³/mol. The van der Waals surface area contributed by atoms with Gasteiger partial charge in [-0.15, -0.1) is 0 Å². The molecule has 1 aromatic carbocycles. The minimum Gasteiger partial charge on any atom is -0.480 e. The summed E-state index contributed by atoms with van der Waals surface area (Å²) in [7, 11) is 0. The Morgan fingerprint density at radius 2 is 1.95 bits per heavy atom. The van der Waals surface area contributed by atoms with Crippen molar-refractivity contribution in [3.63, 3.8) is 0 Å². The SMILES string of the molecule is O=C(NC(CCO)C(=O)O)c1n[nH]c(=O)c2ccccc12. The van der Waals surface area contributed by atoms with Crippen LogP contribution in [0.5, 0.6) is 0 Å². The lowest BCUT2D eigenvalue weighted by molar-refractivity contribution is -0.139. The number of nitrogens with one attached hydrogen (secondary N) is 2. The fraction of sp³-hybridized carbons (Fsp3) is 0.231. The van der Waals surface area contributed by atoms with Gasteiger partial charge < -0.3 is 15.5 Å². The van der Waals surface area contributed by atoms with E-state index in [1.807, 2.05) is 0 Å². The molecule has 2 aromatic rings.